The molecule has 0 aromatic heterocycles. The number of amides is 1. The van der Waals surface area contributed by atoms with E-state index in [1.54, 1.807) is 0 Å². The molecule has 0 fully saturated rings. The molecule has 0 saturated heterocycles. The second kappa shape index (κ2) is 5.82. The minimum Gasteiger partial charge on any atom is -0.396 e. The van der Waals surface area contributed by atoms with Crippen LogP contribution in [0, 0.1) is 5.82 Å². The van der Waals surface area contributed by atoms with Crippen molar-refractivity contribution in [3.8, 4) is 0 Å². The van der Waals surface area contributed by atoms with E-state index in [2.05, 4.69) is 5.32 Å². The number of aliphatic hydroxyl groups excluding tert-OH is 1. The molecule has 0 aliphatic carbocycles. The predicted molar refractivity (Wildman–Crippen MR) is 68.7 cm³/mol. The van der Waals surface area contributed by atoms with Crippen molar-refractivity contribution in [3.63, 3.8) is 0 Å². The van der Waals surface area contributed by atoms with Crippen LogP contribution in [-0.2, 0) is 0 Å². The summed E-state index contributed by atoms with van der Waals surface area (Å²) in [4.78, 5) is 12.0. The fourth-order valence-electron chi connectivity index (χ4n) is 1.73. The first-order chi connectivity index (χ1) is 8.49. The molecule has 4 nitrogen and oxygen atoms in total. The van der Waals surface area contributed by atoms with E-state index in [4.69, 9.17) is 5.73 Å². The van der Waals surface area contributed by atoms with E-state index < -0.39 is 17.3 Å². The Labute approximate surface area is 106 Å². The molecule has 0 bridgehead atoms. The van der Waals surface area contributed by atoms with Gasteiger partial charge >= 0.3 is 0 Å². The largest absolute Gasteiger partial charge is 0.396 e. The third kappa shape index (κ3) is 2.79. The van der Waals surface area contributed by atoms with Crippen molar-refractivity contribution in [2.75, 3.05) is 12.3 Å². The van der Waals surface area contributed by atoms with Gasteiger partial charge in [0, 0.05) is 0 Å². The Bertz CT molecular complexity index is 423. The number of carbonyl (C=O) groups excluding carboxylic acids is 1. The maximum atomic E-state index is 13.3. The van der Waals surface area contributed by atoms with E-state index in [0.717, 1.165) is 0 Å². The van der Waals surface area contributed by atoms with Crippen molar-refractivity contribution >= 4 is 11.6 Å². The Kier molecular flexibility index (Phi) is 4.67. The third-order valence-corrected chi connectivity index (χ3v) is 3.33. The van der Waals surface area contributed by atoms with Gasteiger partial charge in [-0.1, -0.05) is 19.9 Å². The highest BCUT2D eigenvalue weighted by Gasteiger charge is 2.28. The minimum atomic E-state index is -0.685. The van der Waals surface area contributed by atoms with Gasteiger partial charge in [-0.05, 0) is 25.0 Å². The predicted octanol–water partition coefficient (Wildman–Crippen LogP) is 1.69. The second-order valence-electron chi connectivity index (χ2n) is 4.30. The first-order valence-electron chi connectivity index (χ1n) is 5.97. The molecule has 1 aromatic rings. The van der Waals surface area contributed by atoms with Crippen LogP contribution in [0.5, 0.6) is 0 Å². The van der Waals surface area contributed by atoms with Crippen LogP contribution in [0.25, 0.3) is 0 Å². The van der Waals surface area contributed by atoms with Crippen LogP contribution in [0.4, 0.5) is 10.1 Å². The third-order valence-electron chi connectivity index (χ3n) is 3.33. The number of anilines is 1. The van der Waals surface area contributed by atoms with Gasteiger partial charge in [-0.15, -0.1) is 0 Å². The number of rotatable bonds is 5. The molecule has 5 heteroatoms. The maximum Gasteiger partial charge on any atom is 0.253 e. The molecule has 0 saturated carbocycles. The van der Waals surface area contributed by atoms with Gasteiger partial charge in [0.05, 0.1) is 23.4 Å². The standard InChI is InChI=1S/C13H19FN2O2/c1-3-13(4-2,8-17)16-12(18)9-6-5-7-10(14)11(9)15/h5-7,17H,3-4,8,15H2,1-2H3,(H,16,18). The summed E-state index contributed by atoms with van der Waals surface area (Å²) >= 11 is 0. The molecule has 1 amide bonds. The summed E-state index contributed by atoms with van der Waals surface area (Å²) in [5.41, 5.74) is 4.76. The van der Waals surface area contributed by atoms with E-state index in [9.17, 15) is 14.3 Å². The number of nitrogens with two attached hydrogens (primary N) is 1. The molecule has 4 N–H and O–H groups in total. The van der Waals surface area contributed by atoms with Crippen LogP contribution in [-0.4, -0.2) is 23.2 Å². The number of nitrogen functional groups attached to an aromatic ring is 1. The SMILES string of the molecule is CCC(CC)(CO)NC(=O)c1cccc(F)c1N. The summed E-state index contributed by atoms with van der Waals surface area (Å²) in [6.45, 7) is 3.57. The van der Waals surface area contributed by atoms with Crippen molar-refractivity contribution < 1.29 is 14.3 Å². The first-order valence-corrected chi connectivity index (χ1v) is 5.97. The molecule has 1 rings (SSSR count). The molecule has 0 spiro atoms. The van der Waals surface area contributed by atoms with Crippen molar-refractivity contribution in [1.82, 2.24) is 5.32 Å². The fourth-order valence-corrected chi connectivity index (χ4v) is 1.73. The minimum absolute atomic E-state index is 0.0923. The maximum absolute atomic E-state index is 13.3. The van der Waals surface area contributed by atoms with Crippen LogP contribution in [0.2, 0.25) is 0 Å². The highest BCUT2D eigenvalue weighted by molar-refractivity contribution is 5.99. The number of hydrogen-bond donors (Lipinski definition) is 3. The zero-order valence-corrected chi connectivity index (χ0v) is 10.7. The number of para-hydroxylation sites is 1. The van der Waals surface area contributed by atoms with Crippen molar-refractivity contribution in [3.05, 3.63) is 29.6 Å². The highest BCUT2D eigenvalue weighted by Crippen LogP contribution is 2.19. The molecule has 1 aromatic carbocycles. The summed E-state index contributed by atoms with van der Waals surface area (Å²) in [6.07, 6.45) is 1.17. The van der Waals surface area contributed by atoms with Crippen LogP contribution >= 0.6 is 0 Å². The number of aliphatic hydroxyl groups is 1. The summed E-state index contributed by atoms with van der Waals surface area (Å²) < 4.78 is 13.3. The van der Waals surface area contributed by atoms with Crippen LogP contribution in [0.3, 0.4) is 0 Å². The topological polar surface area (TPSA) is 75.3 Å². The van der Waals surface area contributed by atoms with Gasteiger partial charge in [0.2, 0.25) is 0 Å². The molecular weight excluding hydrogens is 235 g/mol. The van der Waals surface area contributed by atoms with E-state index >= 15 is 0 Å². The number of benzene rings is 1. The molecule has 0 atom stereocenters. The lowest BCUT2D eigenvalue weighted by molar-refractivity contribution is 0.0818. The Morgan fingerprint density at radius 3 is 2.56 bits per heavy atom. The molecule has 0 aliphatic heterocycles. The summed E-state index contributed by atoms with van der Waals surface area (Å²) in [6, 6.07) is 4.09. The van der Waals surface area contributed by atoms with Gasteiger partial charge < -0.3 is 16.2 Å². The first kappa shape index (κ1) is 14.4. The molecule has 0 heterocycles. The zero-order chi connectivity index (χ0) is 13.8. The molecule has 100 valence electrons. The lowest BCUT2D eigenvalue weighted by atomic mass is 9.93. The van der Waals surface area contributed by atoms with Crippen LogP contribution < -0.4 is 11.1 Å². The molecule has 18 heavy (non-hydrogen) atoms. The van der Waals surface area contributed by atoms with Crippen LogP contribution in [0.15, 0.2) is 18.2 Å². The highest BCUT2D eigenvalue weighted by atomic mass is 19.1. The van der Waals surface area contributed by atoms with E-state index in [1.165, 1.54) is 18.2 Å². The van der Waals surface area contributed by atoms with E-state index in [-0.39, 0.29) is 17.9 Å². The normalized spacial score (nSPS) is 11.3. The Hall–Kier alpha value is -1.62. The van der Waals surface area contributed by atoms with Gasteiger partial charge in [-0.25, -0.2) is 4.39 Å². The number of nitrogens with one attached hydrogen (secondary N) is 1. The average Bonchev–Trinajstić information content (AvgIpc) is 2.39. The van der Waals surface area contributed by atoms with Crippen LogP contribution in [0.1, 0.15) is 37.0 Å². The van der Waals surface area contributed by atoms with Gasteiger partial charge in [0.1, 0.15) is 5.82 Å². The molecule has 0 unspecified atom stereocenters. The smallest absolute Gasteiger partial charge is 0.253 e. The van der Waals surface area contributed by atoms with Gasteiger partial charge in [0.25, 0.3) is 5.91 Å². The Morgan fingerprint density at radius 2 is 2.06 bits per heavy atom. The van der Waals surface area contributed by atoms with Gasteiger partial charge in [-0.2, -0.15) is 0 Å². The summed E-state index contributed by atoms with van der Waals surface area (Å²) in [5.74, 6) is -1.09. The average molecular weight is 254 g/mol. The van der Waals surface area contributed by atoms with Gasteiger partial charge in [0.15, 0.2) is 0 Å². The van der Waals surface area contributed by atoms with Crippen molar-refractivity contribution in [1.29, 1.82) is 0 Å². The Morgan fingerprint density at radius 1 is 1.44 bits per heavy atom. The van der Waals surface area contributed by atoms with E-state index in [1.807, 2.05) is 13.8 Å². The lowest BCUT2D eigenvalue weighted by Gasteiger charge is -2.30. The summed E-state index contributed by atoms with van der Waals surface area (Å²) in [5, 5.41) is 12.1. The summed E-state index contributed by atoms with van der Waals surface area (Å²) in [7, 11) is 0. The molecule has 0 radical (unpaired) electrons. The van der Waals surface area contributed by atoms with Crippen molar-refractivity contribution in [2.24, 2.45) is 0 Å². The lowest BCUT2D eigenvalue weighted by Crippen LogP contribution is -2.50. The Balaban J connectivity index is 2.98. The molecular formula is C13H19FN2O2. The monoisotopic (exact) mass is 254 g/mol. The number of halogens is 1. The number of carbonyl (C=O) groups is 1. The van der Waals surface area contributed by atoms with E-state index in [0.29, 0.717) is 12.8 Å². The quantitative estimate of drug-likeness (QED) is 0.700. The van der Waals surface area contributed by atoms with Gasteiger partial charge in [-0.3, -0.25) is 4.79 Å². The second-order valence-corrected chi connectivity index (χ2v) is 4.30. The fraction of sp³-hybridized carbons (Fsp3) is 0.462. The number of hydrogen-bond acceptors (Lipinski definition) is 3. The zero-order valence-electron chi connectivity index (χ0n) is 10.7. The van der Waals surface area contributed by atoms with Crippen molar-refractivity contribution in [2.45, 2.75) is 32.2 Å². The molecule has 0 aliphatic rings.